The maximum absolute atomic E-state index is 10.3. The van der Waals surface area contributed by atoms with Gasteiger partial charge in [-0.2, -0.15) is 0 Å². The van der Waals surface area contributed by atoms with Gasteiger partial charge in [0.15, 0.2) is 0 Å². The van der Waals surface area contributed by atoms with E-state index in [1.807, 2.05) is 0 Å². The Bertz CT molecular complexity index is 278. The summed E-state index contributed by atoms with van der Waals surface area (Å²) >= 11 is 0. The molecule has 0 heterocycles. The van der Waals surface area contributed by atoms with E-state index in [9.17, 15) is 4.79 Å². The summed E-state index contributed by atoms with van der Waals surface area (Å²) in [7, 11) is 0. The molecule has 70 valence electrons. The Labute approximate surface area is 75.0 Å². The van der Waals surface area contributed by atoms with Crippen LogP contribution in [-0.2, 0) is 4.79 Å². The van der Waals surface area contributed by atoms with E-state index in [4.69, 9.17) is 16.4 Å². The third-order valence-electron chi connectivity index (χ3n) is 1.23. The monoisotopic (exact) mass is 182 g/mol. The van der Waals surface area contributed by atoms with Crippen molar-refractivity contribution in [3.8, 4) is 0 Å². The van der Waals surface area contributed by atoms with Crippen molar-refractivity contribution in [2.45, 2.75) is 12.5 Å². The highest BCUT2D eigenvalue weighted by Gasteiger charge is 2.12. The van der Waals surface area contributed by atoms with Crippen LogP contribution in [0.2, 0.25) is 0 Å². The summed E-state index contributed by atoms with van der Waals surface area (Å²) in [5.74, 6) is -1.14. The van der Waals surface area contributed by atoms with Gasteiger partial charge >= 0.3 is 5.97 Å². The van der Waals surface area contributed by atoms with Crippen LogP contribution in [-0.4, -0.2) is 17.1 Å². The normalized spacial score (nSPS) is 12.8. The van der Waals surface area contributed by atoms with Gasteiger partial charge in [-0.1, -0.05) is 23.8 Å². The third-order valence-corrected chi connectivity index (χ3v) is 1.23. The summed E-state index contributed by atoms with van der Waals surface area (Å²) < 4.78 is 0. The molecule has 0 bridgehead atoms. The fourth-order valence-electron chi connectivity index (χ4n) is 0.648. The first-order valence-corrected chi connectivity index (χ1v) is 3.47. The highest BCUT2D eigenvalue weighted by molar-refractivity contribution is 5.73. The topological polar surface area (TPSA) is 112 Å². The zero-order valence-electron chi connectivity index (χ0n) is 6.92. The molecule has 0 rings (SSSR count). The average Bonchev–Trinajstić information content (AvgIpc) is 2.05. The molecule has 0 saturated carbocycles. The number of nitrogens with zero attached hydrogens (tertiary/aromatic N) is 3. The molecule has 0 unspecified atom stereocenters. The van der Waals surface area contributed by atoms with Crippen molar-refractivity contribution in [3.05, 3.63) is 34.9 Å². The second kappa shape index (κ2) is 5.82. The zero-order valence-corrected chi connectivity index (χ0v) is 6.92. The van der Waals surface area contributed by atoms with Gasteiger partial charge in [0.05, 0.1) is 0 Å². The first-order chi connectivity index (χ1) is 6.11. The SMILES string of the molecule is C=C/C=C(/C[C@@H](N)C(=O)O)N=[N+]=[N-]. The van der Waals surface area contributed by atoms with Crippen LogP contribution in [0.5, 0.6) is 0 Å². The molecule has 1 atom stereocenters. The van der Waals surface area contributed by atoms with Gasteiger partial charge in [-0.15, -0.1) is 0 Å². The molecule has 3 N–H and O–H groups in total. The molecule has 0 aliphatic rings. The van der Waals surface area contributed by atoms with Crippen LogP contribution >= 0.6 is 0 Å². The van der Waals surface area contributed by atoms with Crippen LogP contribution in [0.4, 0.5) is 0 Å². The van der Waals surface area contributed by atoms with Crippen molar-refractivity contribution in [2.75, 3.05) is 0 Å². The van der Waals surface area contributed by atoms with Crippen LogP contribution in [0, 0.1) is 0 Å². The van der Waals surface area contributed by atoms with E-state index in [2.05, 4.69) is 16.6 Å². The van der Waals surface area contributed by atoms with Crippen molar-refractivity contribution < 1.29 is 9.90 Å². The lowest BCUT2D eigenvalue weighted by Gasteiger charge is -2.04. The Hall–Kier alpha value is -1.78. The van der Waals surface area contributed by atoms with E-state index in [1.54, 1.807) is 0 Å². The van der Waals surface area contributed by atoms with Crippen molar-refractivity contribution in [2.24, 2.45) is 10.8 Å². The second-order valence-electron chi connectivity index (χ2n) is 2.23. The minimum Gasteiger partial charge on any atom is -0.480 e. The number of rotatable bonds is 5. The number of hydrogen-bond acceptors (Lipinski definition) is 3. The Morgan fingerprint density at radius 1 is 1.85 bits per heavy atom. The summed E-state index contributed by atoms with van der Waals surface area (Å²) in [5, 5.41) is 11.7. The highest BCUT2D eigenvalue weighted by Crippen LogP contribution is 2.06. The van der Waals surface area contributed by atoms with Crippen LogP contribution in [0.3, 0.4) is 0 Å². The van der Waals surface area contributed by atoms with Gasteiger partial charge in [0.2, 0.25) is 0 Å². The molecule has 6 heteroatoms. The number of carboxylic acid groups (broad SMARTS) is 1. The minimum absolute atomic E-state index is 0.00852. The Balaban J connectivity index is 4.43. The summed E-state index contributed by atoms with van der Waals surface area (Å²) in [4.78, 5) is 12.9. The molecular weight excluding hydrogens is 172 g/mol. The molecule has 0 aromatic heterocycles. The number of aliphatic carboxylic acids is 1. The maximum Gasteiger partial charge on any atom is 0.320 e. The van der Waals surface area contributed by atoms with Crippen LogP contribution < -0.4 is 5.73 Å². The largest absolute Gasteiger partial charge is 0.480 e. The number of nitrogens with two attached hydrogens (primary N) is 1. The Morgan fingerprint density at radius 3 is 2.85 bits per heavy atom. The maximum atomic E-state index is 10.3. The predicted molar refractivity (Wildman–Crippen MR) is 47.7 cm³/mol. The van der Waals surface area contributed by atoms with Crippen molar-refractivity contribution >= 4 is 5.97 Å². The van der Waals surface area contributed by atoms with E-state index in [1.165, 1.54) is 12.2 Å². The summed E-state index contributed by atoms with van der Waals surface area (Å²) in [6.07, 6.45) is 2.81. The molecule has 6 nitrogen and oxygen atoms in total. The lowest BCUT2D eigenvalue weighted by atomic mass is 10.2. The van der Waals surface area contributed by atoms with E-state index in [-0.39, 0.29) is 12.1 Å². The fraction of sp³-hybridized carbons (Fsp3) is 0.286. The molecule has 0 saturated heterocycles. The third kappa shape index (κ3) is 4.62. The van der Waals surface area contributed by atoms with Crippen molar-refractivity contribution in [3.63, 3.8) is 0 Å². The van der Waals surface area contributed by atoms with Crippen LogP contribution in [0.15, 0.2) is 29.5 Å². The first kappa shape index (κ1) is 11.2. The Morgan fingerprint density at radius 2 is 2.46 bits per heavy atom. The molecule has 0 fully saturated rings. The smallest absolute Gasteiger partial charge is 0.320 e. The molecule has 0 radical (unpaired) electrons. The van der Waals surface area contributed by atoms with Gasteiger partial charge < -0.3 is 10.8 Å². The van der Waals surface area contributed by atoms with Gasteiger partial charge in [-0.05, 0) is 5.53 Å². The first-order valence-electron chi connectivity index (χ1n) is 3.47. The minimum atomic E-state index is -1.14. The average molecular weight is 182 g/mol. The zero-order chi connectivity index (χ0) is 10.3. The van der Waals surface area contributed by atoms with Crippen molar-refractivity contribution in [1.29, 1.82) is 0 Å². The van der Waals surface area contributed by atoms with Gasteiger partial charge in [-0.3, -0.25) is 4.79 Å². The van der Waals surface area contributed by atoms with Gasteiger partial charge in [0.25, 0.3) is 0 Å². The lowest BCUT2D eigenvalue weighted by Crippen LogP contribution is -2.30. The number of hydrogen-bond donors (Lipinski definition) is 2. The van der Waals surface area contributed by atoms with Gasteiger partial charge in [0, 0.05) is 17.0 Å². The van der Waals surface area contributed by atoms with E-state index < -0.39 is 12.0 Å². The summed E-state index contributed by atoms with van der Waals surface area (Å²) in [6, 6.07) is -1.06. The Kier molecular flexibility index (Phi) is 5.02. The number of azide groups is 1. The molecule has 0 aromatic rings. The number of allylic oxidation sites excluding steroid dienone is 2. The van der Waals surface area contributed by atoms with Gasteiger partial charge in [-0.25, -0.2) is 0 Å². The predicted octanol–water partition coefficient (Wildman–Crippen LogP) is 1.17. The van der Waals surface area contributed by atoms with E-state index >= 15 is 0 Å². The van der Waals surface area contributed by atoms with Crippen LogP contribution in [0.25, 0.3) is 10.4 Å². The number of carbonyl (C=O) groups is 1. The fourth-order valence-corrected chi connectivity index (χ4v) is 0.648. The summed E-state index contributed by atoms with van der Waals surface area (Å²) in [5.41, 5.74) is 13.6. The van der Waals surface area contributed by atoms with E-state index in [0.717, 1.165) is 0 Å². The summed E-state index contributed by atoms with van der Waals surface area (Å²) in [6.45, 7) is 3.39. The number of carboxylic acids is 1. The highest BCUT2D eigenvalue weighted by atomic mass is 16.4. The quantitative estimate of drug-likeness (QED) is 0.288. The molecule has 0 aliphatic carbocycles. The molecule has 0 amide bonds. The van der Waals surface area contributed by atoms with Crippen molar-refractivity contribution in [1.82, 2.24) is 0 Å². The molecule has 0 aliphatic heterocycles. The van der Waals surface area contributed by atoms with Gasteiger partial charge in [0.1, 0.15) is 6.04 Å². The molecule has 0 spiro atoms. The van der Waals surface area contributed by atoms with Crippen LogP contribution in [0.1, 0.15) is 6.42 Å². The standard InChI is InChI=1S/C7H10N4O2/c1-2-3-5(10-11-9)4-6(8)7(12)13/h2-3,6H,1,4,8H2,(H,12,13)/b5-3-/t6-/m1/s1. The van der Waals surface area contributed by atoms with E-state index in [0.29, 0.717) is 0 Å². The molecular formula is C7H10N4O2. The second-order valence-corrected chi connectivity index (χ2v) is 2.23. The lowest BCUT2D eigenvalue weighted by molar-refractivity contribution is -0.138. The molecule has 0 aromatic carbocycles. The molecule has 13 heavy (non-hydrogen) atoms.